The van der Waals surface area contributed by atoms with Crippen LogP contribution in [-0.2, 0) is 35.8 Å². The smallest absolute Gasteiger partial charge is 0.245 e. The first-order valence-electron chi connectivity index (χ1n) is 11.9. The molecule has 12 heteroatoms. The number of carbonyl (C=O) groups is 1. The molecule has 37 heavy (non-hydrogen) atoms. The van der Waals surface area contributed by atoms with Gasteiger partial charge in [-0.3, -0.25) is 15.0 Å². The fraction of sp³-hybridized carbons (Fsp3) is 0.360. The Morgan fingerprint density at radius 2 is 1.92 bits per heavy atom. The maximum absolute atomic E-state index is 13.8. The molecule has 1 unspecified atom stereocenters. The molecule has 0 aliphatic carbocycles. The lowest BCUT2D eigenvalue weighted by molar-refractivity contribution is -0.129. The minimum absolute atomic E-state index is 0.0297. The van der Waals surface area contributed by atoms with Gasteiger partial charge in [0.1, 0.15) is 9.64 Å². The highest BCUT2D eigenvalue weighted by atomic mass is 32.2. The van der Waals surface area contributed by atoms with Crippen molar-refractivity contribution in [1.29, 1.82) is 0 Å². The fourth-order valence-corrected chi connectivity index (χ4v) is 9.73. The highest BCUT2D eigenvalue weighted by Crippen LogP contribution is 2.45. The van der Waals surface area contributed by atoms with Crippen LogP contribution in [0.5, 0.6) is 0 Å². The number of aromatic nitrogens is 1. The van der Waals surface area contributed by atoms with Gasteiger partial charge in [0, 0.05) is 35.2 Å². The van der Waals surface area contributed by atoms with E-state index in [-0.39, 0.29) is 24.4 Å². The lowest BCUT2D eigenvalue weighted by Gasteiger charge is -2.30. The minimum atomic E-state index is -4.02. The lowest BCUT2D eigenvalue weighted by Crippen LogP contribution is -2.41. The van der Waals surface area contributed by atoms with E-state index in [0.29, 0.717) is 4.88 Å². The predicted molar refractivity (Wildman–Crippen MR) is 141 cm³/mol. The summed E-state index contributed by atoms with van der Waals surface area (Å²) >= 11 is 1.26. The second-order valence-corrected chi connectivity index (χ2v) is 14.4. The molecule has 0 radical (unpaired) electrons. The van der Waals surface area contributed by atoms with Crippen LogP contribution in [0.4, 0.5) is 0 Å². The molecule has 0 bridgehead atoms. The number of aryl methyl sites for hydroxylation is 1. The number of benzene rings is 1. The van der Waals surface area contributed by atoms with Gasteiger partial charge in [0.2, 0.25) is 15.9 Å². The molecule has 0 spiro atoms. The SMILES string of the molecule is CCCc1ccc(-c2ccc(C3(CC(=O)NO)CCN(S(=O)(=O)c4cccnc4)CCS3(=O)=O)s2)cc1. The van der Waals surface area contributed by atoms with E-state index in [1.54, 1.807) is 11.5 Å². The third-order valence-electron chi connectivity index (χ3n) is 6.64. The number of nitrogens with zero attached hydrogens (tertiary/aromatic N) is 2. The standard InChI is InChI=1S/C25H29N3O6S3/c1-2-4-19-6-8-20(9-7-19)22-10-11-23(35-22)25(17-24(29)27-30)12-14-28(15-16-36(25,31)32)37(33,34)21-5-3-13-26-18-21/h3,5-11,13,18,30H,2,4,12,14-17H2,1H3,(H,27,29). The van der Waals surface area contributed by atoms with E-state index >= 15 is 0 Å². The lowest BCUT2D eigenvalue weighted by atomic mass is 9.97. The number of hydroxylamine groups is 1. The average molecular weight is 564 g/mol. The van der Waals surface area contributed by atoms with Crippen LogP contribution in [0.3, 0.4) is 0 Å². The third kappa shape index (κ3) is 5.48. The van der Waals surface area contributed by atoms with Crippen molar-refractivity contribution in [2.75, 3.05) is 18.8 Å². The van der Waals surface area contributed by atoms with Crippen LogP contribution in [0.1, 0.15) is 36.6 Å². The summed E-state index contributed by atoms with van der Waals surface area (Å²) in [4.78, 5) is 17.5. The fourth-order valence-electron chi connectivity index (χ4n) is 4.60. The molecule has 3 aromatic rings. The van der Waals surface area contributed by atoms with Gasteiger partial charge in [0.25, 0.3) is 0 Å². The molecule has 1 amide bonds. The Kier molecular flexibility index (Phi) is 8.14. The summed E-state index contributed by atoms with van der Waals surface area (Å²) < 4.78 is 53.4. The molecule has 0 saturated carbocycles. The summed E-state index contributed by atoms with van der Waals surface area (Å²) in [5, 5.41) is 9.25. The van der Waals surface area contributed by atoms with Crippen LogP contribution < -0.4 is 5.48 Å². The van der Waals surface area contributed by atoms with E-state index < -0.39 is 42.7 Å². The van der Waals surface area contributed by atoms with E-state index in [0.717, 1.165) is 27.6 Å². The van der Waals surface area contributed by atoms with Gasteiger partial charge in [0.15, 0.2) is 9.84 Å². The van der Waals surface area contributed by atoms with Gasteiger partial charge < -0.3 is 0 Å². The van der Waals surface area contributed by atoms with Gasteiger partial charge >= 0.3 is 0 Å². The summed E-state index contributed by atoms with van der Waals surface area (Å²) in [6.07, 6.45) is 4.00. The van der Waals surface area contributed by atoms with Crippen molar-refractivity contribution >= 4 is 37.1 Å². The zero-order chi connectivity index (χ0) is 26.7. The number of hydrogen-bond acceptors (Lipinski definition) is 8. The molecule has 4 rings (SSSR count). The summed E-state index contributed by atoms with van der Waals surface area (Å²) in [6.45, 7) is 1.74. The van der Waals surface area contributed by atoms with Gasteiger partial charge in [-0.2, -0.15) is 4.31 Å². The van der Waals surface area contributed by atoms with Gasteiger partial charge in [-0.05, 0) is 48.2 Å². The molecule has 2 aromatic heterocycles. The van der Waals surface area contributed by atoms with Crippen LogP contribution in [0.2, 0.25) is 0 Å². The van der Waals surface area contributed by atoms with E-state index in [1.807, 2.05) is 30.3 Å². The van der Waals surface area contributed by atoms with Gasteiger partial charge in [-0.25, -0.2) is 22.3 Å². The molecule has 9 nitrogen and oxygen atoms in total. The molecule has 1 atom stereocenters. The van der Waals surface area contributed by atoms with E-state index in [2.05, 4.69) is 11.9 Å². The molecule has 1 aliphatic heterocycles. The Morgan fingerprint density at radius 1 is 1.16 bits per heavy atom. The maximum Gasteiger partial charge on any atom is 0.245 e. The van der Waals surface area contributed by atoms with Crippen molar-refractivity contribution in [3.8, 4) is 10.4 Å². The van der Waals surface area contributed by atoms with Crippen molar-refractivity contribution in [2.24, 2.45) is 0 Å². The minimum Gasteiger partial charge on any atom is -0.289 e. The summed E-state index contributed by atoms with van der Waals surface area (Å²) in [5.74, 6) is -1.32. The van der Waals surface area contributed by atoms with Crippen molar-refractivity contribution in [3.63, 3.8) is 0 Å². The molecule has 3 heterocycles. The van der Waals surface area contributed by atoms with E-state index in [9.17, 15) is 26.8 Å². The van der Waals surface area contributed by atoms with Crippen molar-refractivity contribution in [3.05, 3.63) is 71.4 Å². The van der Waals surface area contributed by atoms with Crippen LogP contribution in [0.25, 0.3) is 10.4 Å². The average Bonchev–Trinajstić information content (AvgIpc) is 3.34. The van der Waals surface area contributed by atoms with Crippen LogP contribution >= 0.6 is 11.3 Å². The molecule has 1 saturated heterocycles. The highest BCUT2D eigenvalue weighted by molar-refractivity contribution is 7.92. The Bertz CT molecular complexity index is 1450. The van der Waals surface area contributed by atoms with Crippen LogP contribution in [0, 0.1) is 0 Å². The van der Waals surface area contributed by atoms with Gasteiger partial charge in [-0.1, -0.05) is 37.6 Å². The Balaban J connectivity index is 1.73. The quantitative estimate of drug-likeness (QED) is 0.317. The van der Waals surface area contributed by atoms with Crippen molar-refractivity contribution < 1.29 is 26.8 Å². The maximum atomic E-state index is 13.8. The number of amides is 1. The zero-order valence-corrected chi connectivity index (χ0v) is 22.8. The molecule has 1 aliphatic rings. The topological polar surface area (TPSA) is 134 Å². The zero-order valence-electron chi connectivity index (χ0n) is 20.3. The first kappa shape index (κ1) is 27.4. The highest BCUT2D eigenvalue weighted by Gasteiger charge is 2.50. The largest absolute Gasteiger partial charge is 0.289 e. The summed E-state index contributed by atoms with van der Waals surface area (Å²) in [6, 6.07) is 14.5. The second-order valence-electron chi connectivity index (χ2n) is 8.98. The Morgan fingerprint density at radius 3 is 2.57 bits per heavy atom. The second kappa shape index (κ2) is 11.0. The number of sulfone groups is 1. The number of thiophene rings is 1. The molecular formula is C25H29N3O6S3. The molecule has 1 aromatic carbocycles. The van der Waals surface area contributed by atoms with Gasteiger partial charge in [0.05, 0.1) is 12.2 Å². The first-order chi connectivity index (χ1) is 17.6. The number of sulfonamides is 1. The van der Waals surface area contributed by atoms with Crippen molar-refractivity contribution in [1.82, 2.24) is 14.8 Å². The Hall–Kier alpha value is -2.64. The molecular weight excluding hydrogens is 534 g/mol. The number of hydrogen-bond donors (Lipinski definition) is 2. The number of carbonyl (C=O) groups excluding carboxylic acids is 1. The molecule has 198 valence electrons. The summed E-state index contributed by atoms with van der Waals surface area (Å²) in [5.41, 5.74) is 3.68. The third-order valence-corrected chi connectivity index (χ3v) is 12.5. The van der Waals surface area contributed by atoms with Gasteiger partial charge in [-0.15, -0.1) is 11.3 Å². The predicted octanol–water partition coefficient (Wildman–Crippen LogP) is 3.36. The molecule has 2 N–H and O–H groups in total. The van der Waals surface area contributed by atoms with E-state index in [4.69, 9.17) is 0 Å². The summed E-state index contributed by atoms with van der Waals surface area (Å²) in [7, 11) is -8.01. The number of pyridine rings is 1. The first-order valence-corrected chi connectivity index (χ1v) is 15.8. The van der Waals surface area contributed by atoms with Crippen LogP contribution in [0.15, 0.2) is 65.8 Å². The van der Waals surface area contributed by atoms with E-state index in [1.165, 1.54) is 41.4 Å². The van der Waals surface area contributed by atoms with Crippen molar-refractivity contribution in [2.45, 2.75) is 42.2 Å². The van der Waals surface area contributed by atoms with Crippen LogP contribution in [-0.4, -0.2) is 56.1 Å². The number of nitrogens with one attached hydrogen (secondary N) is 1. The normalized spacial score (nSPS) is 20.3. The molecule has 1 fully saturated rings. The monoisotopic (exact) mass is 563 g/mol. The Labute approximate surface area is 221 Å². The number of rotatable bonds is 8.